The lowest BCUT2D eigenvalue weighted by Crippen LogP contribution is -2.28. The van der Waals surface area contributed by atoms with Gasteiger partial charge in [0.15, 0.2) is 0 Å². The molecule has 0 aliphatic carbocycles. The molecule has 13 heavy (non-hydrogen) atoms. The van der Waals surface area contributed by atoms with Crippen molar-refractivity contribution < 1.29 is 30.3 Å². The van der Waals surface area contributed by atoms with Crippen molar-refractivity contribution in [3.05, 3.63) is 0 Å². The Bertz CT molecular complexity index is 110. The van der Waals surface area contributed by atoms with Crippen molar-refractivity contribution in [3.8, 4) is 0 Å². The van der Waals surface area contributed by atoms with Gasteiger partial charge in [-0.25, -0.2) is 17.0 Å². The molecule has 0 saturated carbocycles. The first-order chi connectivity index (χ1) is 5.89. The zero-order valence-corrected chi connectivity index (χ0v) is 10.5. The first kappa shape index (κ1) is 15.5. The molecule has 0 aliphatic rings. The summed E-state index contributed by atoms with van der Waals surface area (Å²) in [5.41, 5.74) is 0. The van der Waals surface area contributed by atoms with E-state index in [2.05, 4.69) is 13.3 Å². The molecule has 0 rings (SSSR count). The van der Waals surface area contributed by atoms with Crippen LogP contribution in [0.1, 0.15) is 0 Å². The van der Waals surface area contributed by atoms with E-state index in [1.54, 1.807) is 0 Å². The Labute approximate surface area is 78.1 Å². The summed E-state index contributed by atoms with van der Waals surface area (Å²) in [5, 5.41) is 0. The second kappa shape index (κ2) is 8.62. The predicted molar refractivity (Wildman–Crippen MR) is 43.9 cm³/mol. The normalized spacial score (nSPS) is 11.3. The maximum Gasteiger partial charge on any atom is 0.760 e. The molecular formula is C4H12F4O3Si2. The van der Waals surface area contributed by atoms with Gasteiger partial charge in [0.1, 0.15) is 10.5 Å². The molecule has 0 amide bonds. The molecule has 0 saturated heterocycles. The number of alkyl halides is 2. The summed E-state index contributed by atoms with van der Waals surface area (Å²) in [6.07, 6.45) is -2.29. The molecule has 0 aromatic heterocycles. The summed E-state index contributed by atoms with van der Waals surface area (Å²) in [6.45, 7) is -0.397. The molecule has 0 radical (unpaired) electrons. The Morgan fingerprint density at radius 3 is 1.62 bits per heavy atom. The molecule has 0 heterocycles. The zero-order chi connectivity index (χ0) is 10.9. The summed E-state index contributed by atoms with van der Waals surface area (Å²) in [7, 11) is -2.39. The summed E-state index contributed by atoms with van der Waals surface area (Å²) >= 11 is 0. The molecule has 0 N–H and O–H groups in total. The van der Waals surface area contributed by atoms with Gasteiger partial charge in [-0.1, -0.05) is 0 Å². The summed E-state index contributed by atoms with van der Waals surface area (Å²) in [4.78, 5) is 0. The van der Waals surface area contributed by atoms with E-state index >= 15 is 0 Å². The lowest BCUT2D eigenvalue weighted by molar-refractivity contribution is 0.0866. The van der Waals surface area contributed by atoms with Crippen molar-refractivity contribution in [3.63, 3.8) is 0 Å². The van der Waals surface area contributed by atoms with E-state index < -0.39 is 22.3 Å². The molecule has 0 fully saturated rings. The van der Waals surface area contributed by atoms with Crippen LogP contribution in [0.5, 0.6) is 0 Å². The van der Waals surface area contributed by atoms with Gasteiger partial charge in [0.05, 0.1) is 6.61 Å². The topological polar surface area (TPSA) is 27.7 Å². The van der Waals surface area contributed by atoms with E-state index in [9.17, 15) is 17.0 Å². The molecule has 0 aromatic rings. The monoisotopic (exact) mass is 240 g/mol. The van der Waals surface area contributed by atoms with Crippen molar-refractivity contribution in [1.29, 1.82) is 0 Å². The third-order valence-corrected chi connectivity index (χ3v) is 2.05. The van der Waals surface area contributed by atoms with E-state index in [-0.39, 0.29) is 0 Å². The van der Waals surface area contributed by atoms with Gasteiger partial charge in [0.2, 0.25) is 0 Å². The van der Waals surface area contributed by atoms with Crippen LogP contribution in [0.3, 0.4) is 0 Å². The van der Waals surface area contributed by atoms with Gasteiger partial charge in [-0.15, -0.1) is 0 Å². The number of hydrogen-bond donors (Lipinski definition) is 0. The summed E-state index contributed by atoms with van der Waals surface area (Å²) in [6, 6.07) is 0. The quantitative estimate of drug-likeness (QED) is 0.399. The fourth-order valence-corrected chi connectivity index (χ4v) is 0.628. The zero-order valence-electron chi connectivity index (χ0n) is 7.52. The van der Waals surface area contributed by atoms with E-state index in [0.717, 1.165) is 14.2 Å². The Morgan fingerprint density at radius 2 is 1.62 bits per heavy atom. The number of halogens is 4. The number of rotatable bonds is 4. The van der Waals surface area contributed by atoms with E-state index in [1.165, 1.54) is 0 Å². The highest BCUT2D eigenvalue weighted by Gasteiger charge is 2.39. The highest BCUT2D eigenvalue weighted by Crippen LogP contribution is 2.05. The van der Waals surface area contributed by atoms with Crippen LogP contribution in [0.15, 0.2) is 0 Å². The van der Waals surface area contributed by atoms with E-state index in [4.69, 9.17) is 0 Å². The smallest absolute Gasteiger partial charge is 0.422 e. The molecule has 0 aliphatic heterocycles. The predicted octanol–water partition coefficient (Wildman–Crippen LogP) is 0.202. The molecule has 82 valence electrons. The highest BCUT2D eigenvalue weighted by atomic mass is 28.5. The van der Waals surface area contributed by atoms with Gasteiger partial charge in [-0.05, 0) is 0 Å². The average molecular weight is 240 g/mol. The second-order valence-corrected chi connectivity index (χ2v) is 4.04. The van der Waals surface area contributed by atoms with Gasteiger partial charge in [0, 0.05) is 14.2 Å². The Morgan fingerprint density at radius 1 is 1.23 bits per heavy atom. The van der Waals surface area contributed by atoms with Crippen LogP contribution >= 0.6 is 0 Å². The van der Waals surface area contributed by atoms with Crippen LogP contribution in [0.25, 0.3) is 0 Å². The van der Waals surface area contributed by atoms with E-state index in [0.29, 0.717) is 10.5 Å². The number of hydrogen-bond acceptors (Lipinski definition) is 3. The summed E-state index contributed by atoms with van der Waals surface area (Å²) in [5.74, 6) is 0. The molecule has 0 spiro atoms. The maximum atomic E-state index is 11.6. The highest BCUT2D eigenvalue weighted by molar-refractivity contribution is 6.51. The third kappa shape index (κ3) is 14.8. The van der Waals surface area contributed by atoms with Crippen LogP contribution in [-0.4, -0.2) is 47.0 Å². The van der Waals surface area contributed by atoms with E-state index in [1.807, 2.05) is 0 Å². The van der Waals surface area contributed by atoms with Crippen molar-refractivity contribution in [1.82, 2.24) is 0 Å². The Balaban J connectivity index is 0. The fourth-order valence-electron chi connectivity index (χ4n) is 0.209. The molecule has 0 aromatic carbocycles. The van der Waals surface area contributed by atoms with Gasteiger partial charge in [-0.3, -0.25) is 0 Å². The van der Waals surface area contributed by atoms with Gasteiger partial charge >= 0.3 is 9.23 Å². The van der Waals surface area contributed by atoms with Gasteiger partial charge < -0.3 is 13.3 Å². The SMILES string of the molecule is CO[Si](F)(F)OC.FC(F)CO[SiH3]. The van der Waals surface area contributed by atoms with Crippen LogP contribution in [0.4, 0.5) is 17.0 Å². The van der Waals surface area contributed by atoms with Crippen molar-refractivity contribution in [2.45, 2.75) is 6.43 Å². The minimum Gasteiger partial charge on any atom is -0.422 e. The van der Waals surface area contributed by atoms with Crippen molar-refractivity contribution in [2.24, 2.45) is 0 Å². The Hall–Kier alpha value is 0.0338. The minimum absolute atomic E-state index is 0.397. The first-order valence-corrected chi connectivity index (χ1v) is 5.53. The standard InChI is InChI=1S/C2H6F2O2Si.C2H6F2OSi/c1-5-7(3,4)6-2;3-2(4)1-5-6/h1-2H3;2H,1H2,6H3. The van der Waals surface area contributed by atoms with Crippen LogP contribution in [0, 0.1) is 0 Å². The second-order valence-electron chi connectivity index (χ2n) is 1.72. The summed E-state index contributed by atoms with van der Waals surface area (Å²) < 4.78 is 56.5. The fraction of sp³-hybridized carbons (Fsp3) is 1.00. The van der Waals surface area contributed by atoms with Crippen LogP contribution < -0.4 is 0 Å². The molecule has 9 heteroatoms. The van der Waals surface area contributed by atoms with Crippen molar-refractivity contribution >= 4 is 19.7 Å². The lowest BCUT2D eigenvalue weighted by atomic mass is 10.8. The molecule has 0 unspecified atom stereocenters. The minimum atomic E-state index is -4.65. The van der Waals surface area contributed by atoms with Crippen LogP contribution in [-0.2, 0) is 13.3 Å². The largest absolute Gasteiger partial charge is 0.760 e. The molecule has 3 nitrogen and oxygen atoms in total. The first-order valence-electron chi connectivity index (χ1n) is 3.14. The van der Waals surface area contributed by atoms with Crippen molar-refractivity contribution in [2.75, 3.05) is 20.8 Å². The maximum absolute atomic E-state index is 11.6. The van der Waals surface area contributed by atoms with Crippen LogP contribution in [0.2, 0.25) is 0 Å². The third-order valence-electron chi connectivity index (χ3n) is 0.768. The molecular weight excluding hydrogens is 228 g/mol. The Kier molecular flexibility index (Phi) is 10.3. The molecule has 0 atom stereocenters. The van der Waals surface area contributed by atoms with Gasteiger partial charge in [-0.2, -0.15) is 0 Å². The lowest BCUT2D eigenvalue weighted by Gasteiger charge is -2.02. The average Bonchev–Trinajstić information content (AvgIpc) is 2.05. The molecule has 0 bridgehead atoms. The van der Waals surface area contributed by atoms with Gasteiger partial charge in [0.25, 0.3) is 6.43 Å².